The van der Waals surface area contributed by atoms with Crippen molar-refractivity contribution in [2.75, 3.05) is 27.2 Å². The molecule has 1 unspecified atom stereocenters. The number of ether oxygens (including phenoxy) is 1. The molecule has 0 aromatic carbocycles. The summed E-state index contributed by atoms with van der Waals surface area (Å²) in [6, 6.07) is 2.16. The van der Waals surface area contributed by atoms with Crippen molar-refractivity contribution < 1.29 is 9.15 Å². The molecule has 1 N–H and O–H groups in total. The van der Waals surface area contributed by atoms with Crippen LogP contribution in [0.25, 0.3) is 0 Å². The van der Waals surface area contributed by atoms with Gasteiger partial charge in [0.2, 0.25) is 0 Å². The van der Waals surface area contributed by atoms with Gasteiger partial charge in [0.15, 0.2) is 0 Å². The van der Waals surface area contributed by atoms with E-state index in [9.17, 15) is 0 Å². The first kappa shape index (κ1) is 14.6. The van der Waals surface area contributed by atoms with E-state index in [1.54, 1.807) is 0 Å². The van der Waals surface area contributed by atoms with Crippen molar-refractivity contribution in [3.63, 3.8) is 0 Å². The third-order valence-corrected chi connectivity index (χ3v) is 3.65. The summed E-state index contributed by atoms with van der Waals surface area (Å²) in [6.07, 6.45) is 4.12. The highest BCUT2D eigenvalue weighted by Crippen LogP contribution is 2.18. The summed E-state index contributed by atoms with van der Waals surface area (Å²) in [4.78, 5) is 2.33. The fraction of sp³-hybridized carbons (Fsp3) is 0.733. The molecule has 0 aliphatic carbocycles. The van der Waals surface area contributed by atoms with Gasteiger partial charge in [-0.25, -0.2) is 0 Å². The lowest BCUT2D eigenvalue weighted by atomic mass is 10.1. The van der Waals surface area contributed by atoms with Crippen LogP contribution in [0, 0.1) is 6.92 Å². The maximum absolute atomic E-state index is 5.79. The molecule has 0 amide bonds. The van der Waals surface area contributed by atoms with Crippen LogP contribution in [0.4, 0.5) is 0 Å². The zero-order valence-electron chi connectivity index (χ0n) is 12.4. The third kappa shape index (κ3) is 4.34. The molecular weight excluding hydrogens is 240 g/mol. The second kappa shape index (κ2) is 7.08. The summed E-state index contributed by atoms with van der Waals surface area (Å²) in [5, 5.41) is 3.12. The number of hydrogen-bond acceptors (Lipinski definition) is 4. The summed E-state index contributed by atoms with van der Waals surface area (Å²) in [5.41, 5.74) is 1.28. The van der Waals surface area contributed by atoms with Gasteiger partial charge in [-0.1, -0.05) is 0 Å². The van der Waals surface area contributed by atoms with E-state index in [-0.39, 0.29) is 0 Å². The Morgan fingerprint density at radius 2 is 2.26 bits per heavy atom. The van der Waals surface area contributed by atoms with Crippen LogP contribution in [-0.4, -0.2) is 38.3 Å². The number of nitrogens with zero attached hydrogens (tertiary/aromatic N) is 1. The molecule has 4 nitrogen and oxygen atoms in total. The molecule has 2 heterocycles. The van der Waals surface area contributed by atoms with Crippen LogP contribution in [0.2, 0.25) is 0 Å². The molecule has 4 heteroatoms. The third-order valence-electron chi connectivity index (χ3n) is 3.65. The Labute approximate surface area is 116 Å². The Morgan fingerprint density at radius 1 is 1.42 bits per heavy atom. The van der Waals surface area contributed by atoms with Gasteiger partial charge < -0.3 is 14.5 Å². The fourth-order valence-corrected chi connectivity index (χ4v) is 2.66. The van der Waals surface area contributed by atoms with Gasteiger partial charge in [0.05, 0.1) is 12.6 Å². The number of rotatable bonds is 6. The minimum Gasteiger partial charge on any atom is -0.465 e. The van der Waals surface area contributed by atoms with Gasteiger partial charge in [-0.3, -0.25) is 4.90 Å². The van der Waals surface area contributed by atoms with E-state index < -0.39 is 0 Å². The van der Waals surface area contributed by atoms with Gasteiger partial charge in [0, 0.05) is 25.3 Å². The van der Waals surface area contributed by atoms with E-state index in [0.29, 0.717) is 6.10 Å². The van der Waals surface area contributed by atoms with E-state index in [2.05, 4.69) is 23.3 Å². The molecular formula is C15H26N2O2. The van der Waals surface area contributed by atoms with E-state index in [0.717, 1.165) is 37.8 Å². The number of aryl methyl sites for hydroxylation is 1. The molecule has 0 bridgehead atoms. The first-order chi connectivity index (χ1) is 9.19. The van der Waals surface area contributed by atoms with Gasteiger partial charge in [0.25, 0.3) is 0 Å². The van der Waals surface area contributed by atoms with Crippen molar-refractivity contribution in [1.82, 2.24) is 10.2 Å². The van der Waals surface area contributed by atoms with E-state index in [1.165, 1.54) is 24.8 Å². The minimum atomic E-state index is 0.405. The molecule has 108 valence electrons. The number of hydrogen-bond donors (Lipinski definition) is 1. The maximum atomic E-state index is 5.79. The standard InChI is InChI=1S/C15H26N2O2/c1-12-13(8-15(19-12)9-16-2)10-17(3)11-14-6-4-5-7-18-14/h8,14,16H,4-7,9-11H2,1-3H3. The van der Waals surface area contributed by atoms with Crippen LogP contribution in [0.5, 0.6) is 0 Å². The normalized spacial score (nSPS) is 20.1. The molecule has 1 aromatic rings. The van der Waals surface area contributed by atoms with Crippen LogP contribution in [-0.2, 0) is 17.8 Å². The lowest BCUT2D eigenvalue weighted by Crippen LogP contribution is -2.33. The molecule has 1 aliphatic heterocycles. The number of likely N-dealkylation sites (N-methyl/N-ethyl adjacent to an activating group) is 1. The van der Waals surface area contributed by atoms with Gasteiger partial charge in [-0.2, -0.15) is 0 Å². The molecule has 1 aliphatic rings. The van der Waals surface area contributed by atoms with Crippen molar-refractivity contribution >= 4 is 0 Å². The summed E-state index contributed by atoms with van der Waals surface area (Å²) in [6.45, 7) is 5.69. The quantitative estimate of drug-likeness (QED) is 0.857. The van der Waals surface area contributed by atoms with E-state index in [4.69, 9.17) is 9.15 Å². The second-order valence-corrected chi connectivity index (χ2v) is 5.51. The predicted octanol–water partition coefficient (Wildman–Crippen LogP) is 2.31. The average molecular weight is 266 g/mol. The predicted molar refractivity (Wildman–Crippen MR) is 76.1 cm³/mol. The molecule has 1 fully saturated rings. The molecule has 0 spiro atoms. The molecule has 2 rings (SSSR count). The SMILES string of the molecule is CNCc1cc(CN(C)CC2CCCCO2)c(C)o1. The van der Waals surface area contributed by atoms with Crippen molar-refractivity contribution in [2.24, 2.45) is 0 Å². The Balaban J connectivity index is 1.85. The fourth-order valence-electron chi connectivity index (χ4n) is 2.66. The van der Waals surface area contributed by atoms with Crippen molar-refractivity contribution in [3.05, 3.63) is 23.2 Å². The van der Waals surface area contributed by atoms with Gasteiger partial charge in [-0.05, 0) is 46.3 Å². The van der Waals surface area contributed by atoms with Crippen molar-refractivity contribution in [1.29, 1.82) is 0 Å². The average Bonchev–Trinajstić information content (AvgIpc) is 2.71. The Hall–Kier alpha value is -0.840. The monoisotopic (exact) mass is 266 g/mol. The van der Waals surface area contributed by atoms with Crippen LogP contribution >= 0.6 is 0 Å². The molecule has 0 radical (unpaired) electrons. The zero-order valence-corrected chi connectivity index (χ0v) is 12.4. The van der Waals surface area contributed by atoms with E-state index >= 15 is 0 Å². The van der Waals surface area contributed by atoms with E-state index in [1.807, 2.05) is 14.0 Å². The Morgan fingerprint density at radius 3 is 2.95 bits per heavy atom. The summed E-state index contributed by atoms with van der Waals surface area (Å²) in [7, 11) is 4.09. The molecule has 1 saturated heterocycles. The highest BCUT2D eigenvalue weighted by molar-refractivity contribution is 5.20. The highest BCUT2D eigenvalue weighted by Gasteiger charge is 2.17. The summed E-state index contributed by atoms with van der Waals surface area (Å²) in [5.74, 6) is 2.04. The molecule has 19 heavy (non-hydrogen) atoms. The molecule has 0 saturated carbocycles. The first-order valence-corrected chi connectivity index (χ1v) is 7.22. The Bertz CT molecular complexity index is 383. The van der Waals surface area contributed by atoms with Crippen LogP contribution in [0.1, 0.15) is 36.3 Å². The lowest BCUT2D eigenvalue weighted by Gasteiger charge is -2.27. The zero-order chi connectivity index (χ0) is 13.7. The summed E-state index contributed by atoms with van der Waals surface area (Å²) >= 11 is 0. The van der Waals surface area contributed by atoms with Crippen LogP contribution in [0.3, 0.4) is 0 Å². The van der Waals surface area contributed by atoms with Crippen LogP contribution in [0.15, 0.2) is 10.5 Å². The van der Waals surface area contributed by atoms with Crippen molar-refractivity contribution in [3.8, 4) is 0 Å². The van der Waals surface area contributed by atoms with Crippen LogP contribution < -0.4 is 5.32 Å². The van der Waals surface area contributed by atoms with Crippen molar-refractivity contribution in [2.45, 2.75) is 45.4 Å². The topological polar surface area (TPSA) is 37.6 Å². The first-order valence-electron chi connectivity index (χ1n) is 7.22. The number of nitrogens with one attached hydrogen (secondary N) is 1. The largest absolute Gasteiger partial charge is 0.465 e. The molecule has 1 aromatic heterocycles. The highest BCUT2D eigenvalue weighted by atomic mass is 16.5. The van der Waals surface area contributed by atoms with Gasteiger partial charge >= 0.3 is 0 Å². The lowest BCUT2D eigenvalue weighted by molar-refractivity contribution is -0.00264. The smallest absolute Gasteiger partial charge is 0.118 e. The van der Waals surface area contributed by atoms with Gasteiger partial charge in [0.1, 0.15) is 11.5 Å². The minimum absolute atomic E-state index is 0.405. The number of furan rings is 1. The Kier molecular flexibility index (Phi) is 5.43. The second-order valence-electron chi connectivity index (χ2n) is 5.51. The maximum Gasteiger partial charge on any atom is 0.118 e. The molecule has 1 atom stereocenters. The summed E-state index contributed by atoms with van der Waals surface area (Å²) < 4.78 is 11.5. The van der Waals surface area contributed by atoms with Gasteiger partial charge in [-0.15, -0.1) is 0 Å².